The highest BCUT2D eigenvalue weighted by Gasteiger charge is 2.11. The first-order chi connectivity index (χ1) is 9.13. The maximum absolute atomic E-state index is 9.10. The summed E-state index contributed by atoms with van der Waals surface area (Å²) in [5.74, 6) is 1.73. The van der Waals surface area contributed by atoms with Gasteiger partial charge in [-0.3, -0.25) is 0 Å². The number of nitrogens with zero attached hydrogens (tertiary/aromatic N) is 2. The smallest absolute Gasteiger partial charge is 0.226 e. The molecule has 0 aliphatic heterocycles. The van der Waals surface area contributed by atoms with Crippen LogP contribution in [0.25, 0.3) is 0 Å². The van der Waals surface area contributed by atoms with E-state index in [0.717, 1.165) is 14.5 Å². The lowest BCUT2D eigenvalue weighted by Crippen LogP contribution is -2.00. The number of aliphatic hydroxyl groups is 1. The molecule has 0 aliphatic carbocycles. The predicted octanol–water partition coefficient (Wildman–Crippen LogP) is 3.23. The number of aromatic nitrogens is 2. The van der Waals surface area contributed by atoms with Gasteiger partial charge >= 0.3 is 0 Å². The SMILES string of the molecule is CCc1nc(COc2c(Br)cc(CO)cc2Br)no1. The third-order valence-corrected chi connectivity index (χ3v) is 3.58. The molecule has 0 spiro atoms. The highest BCUT2D eigenvalue weighted by atomic mass is 79.9. The number of aryl methyl sites for hydroxylation is 1. The van der Waals surface area contributed by atoms with Crippen LogP contribution in [-0.4, -0.2) is 15.2 Å². The maximum atomic E-state index is 9.10. The third kappa shape index (κ3) is 3.55. The van der Waals surface area contributed by atoms with Crippen molar-refractivity contribution in [1.82, 2.24) is 10.1 Å². The molecule has 0 amide bonds. The lowest BCUT2D eigenvalue weighted by Gasteiger charge is -2.10. The van der Waals surface area contributed by atoms with Crippen molar-refractivity contribution in [2.45, 2.75) is 26.6 Å². The van der Waals surface area contributed by atoms with E-state index in [1.807, 2.05) is 6.92 Å². The summed E-state index contributed by atoms with van der Waals surface area (Å²) >= 11 is 6.80. The van der Waals surface area contributed by atoms with E-state index in [1.54, 1.807) is 12.1 Å². The fraction of sp³-hybridized carbons (Fsp3) is 0.333. The molecule has 0 bridgehead atoms. The molecule has 1 heterocycles. The number of hydrogen-bond donors (Lipinski definition) is 1. The lowest BCUT2D eigenvalue weighted by molar-refractivity contribution is 0.276. The Hall–Kier alpha value is -0.920. The van der Waals surface area contributed by atoms with E-state index in [4.69, 9.17) is 14.4 Å². The number of ether oxygens (including phenoxy) is 1. The Morgan fingerprint density at radius 2 is 2.00 bits per heavy atom. The van der Waals surface area contributed by atoms with E-state index in [0.29, 0.717) is 23.9 Å². The van der Waals surface area contributed by atoms with Crippen molar-refractivity contribution in [2.24, 2.45) is 0 Å². The summed E-state index contributed by atoms with van der Waals surface area (Å²) < 4.78 is 12.2. The first-order valence-corrected chi connectivity index (χ1v) is 7.25. The minimum atomic E-state index is -0.0256. The van der Waals surface area contributed by atoms with Gasteiger partial charge in [0.15, 0.2) is 6.61 Å². The van der Waals surface area contributed by atoms with Crippen LogP contribution in [0.3, 0.4) is 0 Å². The highest BCUT2D eigenvalue weighted by Crippen LogP contribution is 2.35. The predicted molar refractivity (Wildman–Crippen MR) is 75.8 cm³/mol. The molecule has 0 saturated carbocycles. The van der Waals surface area contributed by atoms with Crippen LogP contribution in [0, 0.1) is 0 Å². The summed E-state index contributed by atoms with van der Waals surface area (Å²) in [5.41, 5.74) is 0.791. The second kappa shape index (κ2) is 6.49. The van der Waals surface area contributed by atoms with Crippen molar-refractivity contribution >= 4 is 31.9 Å². The molecule has 1 aromatic carbocycles. The van der Waals surface area contributed by atoms with Crippen molar-refractivity contribution in [3.63, 3.8) is 0 Å². The molecule has 0 radical (unpaired) electrons. The fourth-order valence-electron chi connectivity index (χ4n) is 1.47. The molecule has 19 heavy (non-hydrogen) atoms. The fourth-order valence-corrected chi connectivity index (χ4v) is 2.98. The zero-order chi connectivity index (χ0) is 13.8. The molecule has 5 nitrogen and oxygen atoms in total. The first-order valence-electron chi connectivity index (χ1n) is 5.67. The standard InChI is InChI=1S/C12H12Br2N2O3/c1-2-11-15-10(16-19-11)6-18-12-8(13)3-7(5-17)4-9(12)14/h3-4,17H,2,5-6H2,1H3. The monoisotopic (exact) mass is 390 g/mol. The summed E-state index contributed by atoms with van der Waals surface area (Å²) in [6.45, 7) is 2.14. The third-order valence-electron chi connectivity index (χ3n) is 2.40. The van der Waals surface area contributed by atoms with Crippen LogP contribution in [0.4, 0.5) is 0 Å². The number of hydrogen-bond acceptors (Lipinski definition) is 5. The van der Waals surface area contributed by atoms with E-state index in [1.165, 1.54) is 0 Å². The molecule has 0 unspecified atom stereocenters. The Labute approximate surface area is 127 Å². The molecule has 1 N–H and O–H groups in total. The van der Waals surface area contributed by atoms with Crippen LogP contribution in [0.1, 0.15) is 24.2 Å². The van der Waals surface area contributed by atoms with Gasteiger partial charge in [0.2, 0.25) is 11.7 Å². The molecule has 102 valence electrons. The van der Waals surface area contributed by atoms with Crippen LogP contribution in [0.2, 0.25) is 0 Å². The molecule has 1 aromatic heterocycles. The lowest BCUT2D eigenvalue weighted by atomic mass is 10.2. The number of rotatable bonds is 5. The Kier molecular flexibility index (Phi) is 4.95. The average Bonchev–Trinajstić information content (AvgIpc) is 2.85. The number of benzene rings is 1. The van der Waals surface area contributed by atoms with Gasteiger partial charge in [0, 0.05) is 6.42 Å². The minimum absolute atomic E-state index is 0.0256. The normalized spacial score (nSPS) is 10.7. The minimum Gasteiger partial charge on any atom is -0.483 e. The van der Waals surface area contributed by atoms with Crippen molar-refractivity contribution in [1.29, 1.82) is 0 Å². The first kappa shape index (κ1) is 14.5. The molecular weight excluding hydrogens is 380 g/mol. The quantitative estimate of drug-likeness (QED) is 0.847. The number of aliphatic hydroxyl groups excluding tert-OH is 1. The van der Waals surface area contributed by atoms with E-state index >= 15 is 0 Å². The molecule has 0 atom stereocenters. The van der Waals surface area contributed by atoms with Crippen molar-refractivity contribution in [3.05, 3.63) is 38.4 Å². The molecular formula is C12H12Br2N2O3. The average molecular weight is 392 g/mol. The molecule has 2 aromatic rings. The van der Waals surface area contributed by atoms with Gasteiger partial charge in [0.05, 0.1) is 15.6 Å². The van der Waals surface area contributed by atoms with Gasteiger partial charge in [-0.15, -0.1) is 0 Å². The largest absolute Gasteiger partial charge is 0.483 e. The Morgan fingerprint density at radius 1 is 1.32 bits per heavy atom. The van der Waals surface area contributed by atoms with Gasteiger partial charge in [0.25, 0.3) is 0 Å². The molecule has 0 fully saturated rings. The topological polar surface area (TPSA) is 68.4 Å². The van der Waals surface area contributed by atoms with E-state index in [9.17, 15) is 0 Å². The van der Waals surface area contributed by atoms with E-state index < -0.39 is 0 Å². The summed E-state index contributed by atoms with van der Waals surface area (Å²) in [6.07, 6.45) is 0.700. The van der Waals surface area contributed by atoms with Crippen molar-refractivity contribution < 1.29 is 14.4 Å². The van der Waals surface area contributed by atoms with Crippen LogP contribution < -0.4 is 4.74 Å². The highest BCUT2D eigenvalue weighted by molar-refractivity contribution is 9.11. The molecule has 7 heteroatoms. The van der Waals surface area contributed by atoms with Crippen molar-refractivity contribution in [3.8, 4) is 5.75 Å². The zero-order valence-corrected chi connectivity index (χ0v) is 13.4. The molecule has 0 saturated heterocycles. The Morgan fingerprint density at radius 3 is 2.53 bits per heavy atom. The van der Waals surface area contributed by atoms with Gasteiger partial charge < -0.3 is 14.4 Å². The Balaban J connectivity index is 2.11. The van der Waals surface area contributed by atoms with Crippen LogP contribution in [0.5, 0.6) is 5.75 Å². The number of halogens is 2. The molecule has 0 aliphatic rings. The molecule has 2 rings (SSSR count). The second-order valence-corrected chi connectivity index (χ2v) is 5.50. The van der Waals surface area contributed by atoms with Crippen LogP contribution in [0.15, 0.2) is 25.6 Å². The van der Waals surface area contributed by atoms with E-state index in [2.05, 4.69) is 42.0 Å². The Bertz CT molecular complexity index is 549. The summed E-state index contributed by atoms with van der Waals surface area (Å²) in [5, 5.41) is 12.9. The second-order valence-electron chi connectivity index (χ2n) is 3.79. The van der Waals surface area contributed by atoms with Crippen LogP contribution >= 0.6 is 31.9 Å². The summed E-state index contributed by atoms with van der Waals surface area (Å²) in [7, 11) is 0. The van der Waals surface area contributed by atoms with E-state index in [-0.39, 0.29) is 13.2 Å². The summed E-state index contributed by atoms with van der Waals surface area (Å²) in [4.78, 5) is 4.16. The van der Waals surface area contributed by atoms with Crippen molar-refractivity contribution in [2.75, 3.05) is 0 Å². The van der Waals surface area contributed by atoms with Gasteiger partial charge in [-0.2, -0.15) is 4.98 Å². The van der Waals surface area contributed by atoms with Gasteiger partial charge in [-0.05, 0) is 49.6 Å². The zero-order valence-electron chi connectivity index (χ0n) is 10.2. The van der Waals surface area contributed by atoms with Gasteiger partial charge in [-0.25, -0.2) is 0 Å². The van der Waals surface area contributed by atoms with Gasteiger partial charge in [-0.1, -0.05) is 12.1 Å². The van der Waals surface area contributed by atoms with Crippen LogP contribution in [-0.2, 0) is 19.6 Å². The maximum Gasteiger partial charge on any atom is 0.226 e. The van der Waals surface area contributed by atoms with Gasteiger partial charge in [0.1, 0.15) is 5.75 Å². The summed E-state index contributed by atoms with van der Waals surface area (Å²) in [6, 6.07) is 3.60.